The molecule has 0 bridgehead atoms. The summed E-state index contributed by atoms with van der Waals surface area (Å²) in [5.41, 5.74) is 2.57. The lowest BCUT2D eigenvalue weighted by atomic mass is 10.2. The van der Waals surface area contributed by atoms with Crippen LogP contribution in [0.3, 0.4) is 0 Å². The molecular weight excluding hydrogens is 344 g/mol. The lowest BCUT2D eigenvalue weighted by Gasteiger charge is -2.11. The molecule has 0 aliphatic carbocycles. The quantitative estimate of drug-likeness (QED) is 0.676. The van der Waals surface area contributed by atoms with Crippen LogP contribution in [0.2, 0.25) is 0 Å². The first-order valence-corrected chi connectivity index (χ1v) is 8.82. The van der Waals surface area contributed by atoms with Crippen molar-refractivity contribution in [2.24, 2.45) is 0 Å². The van der Waals surface area contributed by atoms with Crippen LogP contribution in [-0.2, 0) is 21.1 Å². The van der Waals surface area contributed by atoms with Crippen molar-refractivity contribution in [1.82, 2.24) is 15.1 Å². The summed E-state index contributed by atoms with van der Waals surface area (Å²) < 4.78 is 6.78. The van der Waals surface area contributed by atoms with E-state index in [0.717, 1.165) is 28.5 Å². The molecule has 0 spiro atoms. The first kappa shape index (κ1) is 17.3. The zero-order chi connectivity index (χ0) is 17.8. The predicted molar refractivity (Wildman–Crippen MR) is 93.8 cm³/mol. The zero-order valence-corrected chi connectivity index (χ0v) is 14.4. The van der Waals surface area contributed by atoms with Crippen LogP contribution in [0.1, 0.15) is 11.3 Å². The number of rotatable bonds is 5. The molecule has 0 saturated heterocycles. The highest BCUT2D eigenvalue weighted by molar-refractivity contribution is 7.98. The number of carbonyl (C=O) groups is 2. The summed E-state index contributed by atoms with van der Waals surface area (Å²) in [6, 6.07) is 7.26. The molecule has 1 aromatic carbocycles. The second-order valence-electron chi connectivity index (χ2n) is 5.31. The van der Waals surface area contributed by atoms with E-state index in [2.05, 4.69) is 15.7 Å². The van der Waals surface area contributed by atoms with Crippen LogP contribution in [0.15, 0.2) is 24.3 Å². The monoisotopic (exact) mass is 362 g/mol. The third-order valence-corrected chi connectivity index (χ3v) is 4.67. The van der Waals surface area contributed by atoms with Gasteiger partial charge in [0.05, 0.1) is 25.1 Å². The van der Waals surface area contributed by atoms with Crippen molar-refractivity contribution in [3.8, 4) is 11.4 Å². The second kappa shape index (κ2) is 7.58. The fraction of sp³-hybridized carbons (Fsp3) is 0.312. The minimum atomic E-state index is -0.795. The van der Waals surface area contributed by atoms with Crippen molar-refractivity contribution < 1.29 is 19.4 Å². The summed E-state index contributed by atoms with van der Waals surface area (Å²) in [4.78, 5) is 23.9. The Balaban J connectivity index is 1.89. The van der Waals surface area contributed by atoms with Gasteiger partial charge in [-0.25, -0.2) is 4.68 Å². The van der Waals surface area contributed by atoms with Gasteiger partial charge in [0.25, 0.3) is 0 Å². The van der Waals surface area contributed by atoms with Crippen LogP contribution in [0.25, 0.3) is 5.69 Å². The van der Waals surface area contributed by atoms with Crippen LogP contribution in [-0.4, -0.2) is 47.0 Å². The third kappa shape index (κ3) is 3.62. The lowest BCUT2D eigenvalue weighted by Crippen LogP contribution is -2.37. The number of aromatic nitrogens is 2. The molecule has 0 fully saturated rings. The standard InChI is InChI=1S/C16H18N4O4S/c1-24-11-4-2-10(3-5-11)20-14(12-8-25-9-13(12)19-20)18-16(23)15(22)17-6-7-21/h2-5,21H,6-9H2,1H3,(H,17,22)(H,18,23). The Hall–Kier alpha value is -2.52. The Labute approximate surface area is 148 Å². The Morgan fingerprint density at radius 1 is 1.28 bits per heavy atom. The van der Waals surface area contributed by atoms with E-state index in [-0.39, 0.29) is 13.2 Å². The lowest BCUT2D eigenvalue weighted by molar-refractivity contribution is -0.136. The molecule has 1 aromatic heterocycles. The number of ether oxygens (including phenoxy) is 1. The number of aliphatic hydroxyl groups excluding tert-OH is 1. The molecule has 2 amide bonds. The number of methoxy groups -OCH3 is 1. The molecule has 25 heavy (non-hydrogen) atoms. The van der Waals surface area contributed by atoms with E-state index in [1.54, 1.807) is 35.7 Å². The van der Waals surface area contributed by atoms with Crippen molar-refractivity contribution in [3.63, 3.8) is 0 Å². The number of fused-ring (bicyclic) bond motifs is 1. The molecule has 1 aliphatic rings. The number of carbonyl (C=O) groups excluding carboxylic acids is 2. The summed E-state index contributed by atoms with van der Waals surface area (Å²) in [7, 11) is 1.59. The summed E-state index contributed by atoms with van der Waals surface area (Å²) in [5, 5.41) is 18.3. The van der Waals surface area contributed by atoms with Gasteiger partial charge in [0.1, 0.15) is 11.6 Å². The van der Waals surface area contributed by atoms with Gasteiger partial charge in [0, 0.05) is 23.6 Å². The maximum absolute atomic E-state index is 12.1. The Morgan fingerprint density at radius 3 is 2.72 bits per heavy atom. The smallest absolute Gasteiger partial charge is 0.314 e. The average Bonchev–Trinajstić information content (AvgIpc) is 3.22. The van der Waals surface area contributed by atoms with Gasteiger partial charge < -0.3 is 20.5 Å². The van der Waals surface area contributed by atoms with Crippen molar-refractivity contribution in [3.05, 3.63) is 35.5 Å². The maximum Gasteiger partial charge on any atom is 0.314 e. The molecule has 0 atom stereocenters. The number of anilines is 1. The van der Waals surface area contributed by atoms with Crippen LogP contribution < -0.4 is 15.4 Å². The Kier molecular flexibility index (Phi) is 5.25. The van der Waals surface area contributed by atoms with E-state index in [0.29, 0.717) is 11.6 Å². The number of aliphatic hydroxyl groups is 1. The van der Waals surface area contributed by atoms with E-state index in [9.17, 15) is 9.59 Å². The van der Waals surface area contributed by atoms with Gasteiger partial charge in [-0.2, -0.15) is 16.9 Å². The van der Waals surface area contributed by atoms with Gasteiger partial charge >= 0.3 is 11.8 Å². The van der Waals surface area contributed by atoms with Crippen LogP contribution in [0.5, 0.6) is 5.75 Å². The molecule has 2 aromatic rings. The Morgan fingerprint density at radius 2 is 2.04 bits per heavy atom. The normalized spacial score (nSPS) is 12.6. The molecule has 0 unspecified atom stereocenters. The number of hydrogen-bond acceptors (Lipinski definition) is 6. The number of amides is 2. The largest absolute Gasteiger partial charge is 0.497 e. The molecular formula is C16H18N4O4S. The van der Waals surface area contributed by atoms with Crippen molar-refractivity contribution >= 4 is 29.4 Å². The number of thioether (sulfide) groups is 1. The predicted octanol–water partition coefficient (Wildman–Crippen LogP) is 0.675. The number of hydrogen-bond donors (Lipinski definition) is 3. The zero-order valence-electron chi connectivity index (χ0n) is 13.6. The molecule has 1 aliphatic heterocycles. The maximum atomic E-state index is 12.1. The fourth-order valence-corrected chi connectivity index (χ4v) is 3.50. The number of nitrogens with one attached hydrogen (secondary N) is 2. The van der Waals surface area contributed by atoms with Gasteiger partial charge in [-0.3, -0.25) is 9.59 Å². The molecule has 0 saturated carbocycles. The van der Waals surface area contributed by atoms with E-state index in [1.807, 2.05) is 12.1 Å². The minimum absolute atomic E-state index is 0.0257. The van der Waals surface area contributed by atoms with Gasteiger partial charge in [-0.05, 0) is 24.3 Å². The van der Waals surface area contributed by atoms with E-state index >= 15 is 0 Å². The molecule has 8 nitrogen and oxygen atoms in total. The second-order valence-corrected chi connectivity index (χ2v) is 6.30. The highest BCUT2D eigenvalue weighted by Gasteiger charge is 2.26. The van der Waals surface area contributed by atoms with Crippen molar-refractivity contribution in [1.29, 1.82) is 0 Å². The first-order valence-electron chi connectivity index (χ1n) is 7.67. The van der Waals surface area contributed by atoms with Gasteiger partial charge in [-0.15, -0.1) is 0 Å². The van der Waals surface area contributed by atoms with Crippen LogP contribution in [0, 0.1) is 0 Å². The van der Waals surface area contributed by atoms with Gasteiger partial charge in [0.2, 0.25) is 0 Å². The summed E-state index contributed by atoms with van der Waals surface area (Å²) >= 11 is 1.70. The molecule has 0 radical (unpaired) electrons. The molecule has 2 heterocycles. The van der Waals surface area contributed by atoms with Crippen LogP contribution in [0.4, 0.5) is 5.82 Å². The average molecular weight is 362 g/mol. The topological polar surface area (TPSA) is 105 Å². The van der Waals surface area contributed by atoms with Crippen molar-refractivity contribution in [2.45, 2.75) is 11.5 Å². The first-order chi connectivity index (χ1) is 12.1. The highest BCUT2D eigenvalue weighted by atomic mass is 32.2. The molecule has 132 valence electrons. The van der Waals surface area contributed by atoms with Gasteiger partial charge in [0.15, 0.2) is 0 Å². The highest BCUT2D eigenvalue weighted by Crippen LogP contribution is 2.36. The summed E-state index contributed by atoms with van der Waals surface area (Å²) in [6.07, 6.45) is 0. The molecule has 9 heteroatoms. The minimum Gasteiger partial charge on any atom is -0.497 e. The van der Waals surface area contributed by atoms with E-state index in [4.69, 9.17) is 9.84 Å². The van der Waals surface area contributed by atoms with Gasteiger partial charge in [-0.1, -0.05) is 0 Å². The summed E-state index contributed by atoms with van der Waals surface area (Å²) in [5.74, 6) is 1.11. The number of nitrogens with zero attached hydrogens (tertiary/aromatic N) is 2. The van der Waals surface area contributed by atoms with E-state index in [1.165, 1.54) is 0 Å². The van der Waals surface area contributed by atoms with E-state index < -0.39 is 11.8 Å². The summed E-state index contributed by atoms with van der Waals surface area (Å²) in [6.45, 7) is -0.202. The fourth-order valence-electron chi connectivity index (χ4n) is 2.47. The Bertz CT molecular complexity index is 788. The SMILES string of the molecule is COc1ccc(-n2nc3c(c2NC(=O)C(=O)NCCO)CSC3)cc1. The van der Waals surface area contributed by atoms with Crippen LogP contribution >= 0.6 is 11.8 Å². The van der Waals surface area contributed by atoms with Crippen molar-refractivity contribution in [2.75, 3.05) is 25.6 Å². The molecule has 3 N–H and O–H groups in total. The molecule has 3 rings (SSSR count). The third-order valence-electron chi connectivity index (χ3n) is 3.70. The number of benzene rings is 1.